The summed E-state index contributed by atoms with van der Waals surface area (Å²) in [5.74, 6) is 0.641. The highest BCUT2D eigenvalue weighted by atomic mass is 79.9. The van der Waals surface area contributed by atoms with Crippen LogP contribution in [0.5, 0.6) is 0 Å². The highest BCUT2D eigenvalue weighted by Crippen LogP contribution is 2.24. The third-order valence-electron chi connectivity index (χ3n) is 2.00. The van der Waals surface area contributed by atoms with Gasteiger partial charge in [0.1, 0.15) is 0 Å². The molecule has 0 radical (unpaired) electrons. The van der Waals surface area contributed by atoms with Crippen molar-refractivity contribution in [1.29, 1.82) is 0 Å². The van der Waals surface area contributed by atoms with Crippen LogP contribution in [0.3, 0.4) is 0 Å². The summed E-state index contributed by atoms with van der Waals surface area (Å²) in [5.41, 5.74) is 1.41. The summed E-state index contributed by atoms with van der Waals surface area (Å²) in [6.07, 6.45) is 1.18. The molecule has 0 saturated heterocycles. The van der Waals surface area contributed by atoms with Crippen LogP contribution >= 0.6 is 31.9 Å². The second-order valence-corrected chi connectivity index (χ2v) is 4.38. The summed E-state index contributed by atoms with van der Waals surface area (Å²) in [7, 11) is 0. The molecule has 0 aliphatic heterocycles. The molecule has 0 saturated carbocycles. The molecule has 1 aromatic carbocycles. The third kappa shape index (κ3) is 2.60. The quantitative estimate of drug-likeness (QED) is 0.727. The zero-order valence-corrected chi connectivity index (χ0v) is 10.2. The van der Waals surface area contributed by atoms with Gasteiger partial charge in [-0.3, -0.25) is 0 Å². The molecule has 0 aromatic heterocycles. The van der Waals surface area contributed by atoms with Gasteiger partial charge in [0, 0.05) is 9.80 Å². The van der Waals surface area contributed by atoms with E-state index in [0.717, 1.165) is 5.33 Å². The van der Waals surface area contributed by atoms with Gasteiger partial charge in [0.2, 0.25) is 0 Å². The Balaban J connectivity index is 2.85. The van der Waals surface area contributed by atoms with Gasteiger partial charge in [0.05, 0.1) is 0 Å². The van der Waals surface area contributed by atoms with E-state index in [1.165, 1.54) is 16.5 Å². The zero-order valence-electron chi connectivity index (χ0n) is 7.06. The summed E-state index contributed by atoms with van der Waals surface area (Å²) < 4.78 is 1.17. The van der Waals surface area contributed by atoms with Crippen molar-refractivity contribution in [2.45, 2.75) is 19.3 Å². The number of hydrogen-bond donors (Lipinski definition) is 0. The number of rotatable bonds is 3. The Labute approximate surface area is 90.6 Å². The van der Waals surface area contributed by atoms with Crippen molar-refractivity contribution in [2.24, 2.45) is 0 Å². The minimum atomic E-state index is 0.641. The van der Waals surface area contributed by atoms with E-state index in [1.54, 1.807) is 0 Å². The molecule has 0 amide bonds. The van der Waals surface area contributed by atoms with Crippen LogP contribution in [-0.4, -0.2) is 5.33 Å². The van der Waals surface area contributed by atoms with Crippen molar-refractivity contribution in [3.8, 4) is 0 Å². The first-order valence-corrected chi connectivity index (χ1v) is 6.00. The summed E-state index contributed by atoms with van der Waals surface area (Å²) in [5, 5.41) is 1.04. The Hall–Kier alpha value is 0.180. The predicted molar refractivity (Wildman–Crippen MR) is 61.0 cm³/mol. The predicted octanol–water partition coefficient (Wildman–Crippen LogP) is 4.34. The monoisotopic (exact) mass is 290 g/mol. The van der Waals surface area contributed by atoms with Crippen molar-refractivity contribution >= 4 is 31.9 Å². The maximum Gasteiger partial charge on any atom is 0.0178 e. The van der Waals surface area contributed by atoms with Crippen LogP contribution in [0.1, 0.15) is 24.8 Å². The van der Waals surface area contributed by atoms with Crippen LogP contribution in [-0.2, 0) is 0 Å². The molecule has 0 nitrogen and oxygen atoms in total. The summed E-state index contributed by atoms with van der Waals surface area (Å²) >= 11 is 7.00. The van der Waals surface area contributed by atoms with Gasteiger partial charge in [0.25, 0.3) is 0 Å². The molecule has 0 fully saturated rings. The van der Waals surface area contributed by atoms with Crippen LogP contribution in [0.15, 0.2) is 28.7 Å². The molecule has 0 heterocycles. The maximum atomic E-state index is 3.52. The Morgan fingerprint density at radius 1 is 1.42 bits per heavy atom. The molecular weight excluding hydrogens is 280 g/mol. The lowest BCUT2D eigenvalue weighted by Crippen LogP contribution is -1.97. The van der Waals surface area contributed by atoms with Crippen molar-refractivity contribution in [3.05, 3.63) is 34.3 Å². The van der Waals surface area contributed by atoms with E-state index in [9.17, 15) is 0 Å². The van der Waals surface area contributed by atoms with Crippen LogP contribution in [0, 0.1) is 0 Å². The first-order valence-electron chi connectivity index (χ1n) is 4.09. The first-order chi connectivity index (χ1) is 5.77. The minimum absolute atomic E-state index is 0.641. The Morgan fingerprint density at radius 3 is 2.67 bits per heavy atom. The topological polar surface area (TPSA) is 0 Å². The van der Waals surface area contributed by atoms with Gasteiger partial charge in [-0.2, -0.15) is 0 Å². The largest absolute Gasteiger partial charge is 0.0921 e. The van der Waals surface area contributed by atoms with E-state index in [0.29, 0.717) is 5.92 Å². The summed E-state index contributed by atoms with van der Waals surface area (Å²) in [4.78, 5) is 0. The molecule has 0 spiro atoms. The van der Waals surface area contributed by atoms with E-state index in [-0.39, 0.29) is 0 Å². The molecule has 0 bridgehead atoms. The Bertz CT molecular complexity index is 241. The summed E-state index contributed by atoms with van der Waals surface area (Å²) in [6.45, 7) is 2.22. The van der Waals surface area contributed by atoms with E-state index in [4.69, 9.17) is 0 Å². The Morgan fingerprint density at radius 2 is 2.17 bits per heavy atom. The van der Waals surface area contributed by atoms with Gasteiger partial charge >= 0.3 is 0 Å². The maximum absolute atomic E-state index is 3.52. The van der Waals surface area contributed by atoms with Crippen molar-refractivity contribution < 1.29 is 0 Å². The van der Waals surface area contributed by atoms with Crippen molar-refractivity contribution in [1.82, 2.24) is 0 Å². The third-order valence-corrected chi connectivity index (χ3v) is 3.27. The van der Waals surface area contributed by atoms with Gasteiger partial charge in [-0.25, -0.2) is 0 Å². The second-order valence-electron chi connectivity index (χ2n) is 2.81. The molecule has 1 aromatic rings. The van der Waals surface area contributed by atoms with E-state index in [1.807, 2.05) is 0 Å². The molecule has 12 heavy (non-hydrogen) atoms. The van der Waals surface area contributed by atoms with E-state index in [2.05, 4.69) is 63.0 Å². The number of hydrogen-bond acceptors (Lipinski definition) is 0. The van der Waals surface area contributed by atoms with E-state index >= 15 is 0 Å². The SMILES string of the molecule is CCC(CBr)c1cccc(Br)c1. The highest BCUT2D eigenvalue weighted by Gasteiger charge is 2.06. The molecular formula is C10H12Br2. The van der Waals surface area contributed by atoms with Gasteiger partial charge < -0.3 is 0 Å². The lowest BCUT2D eigenvalue weighted by molar-refractivity contribution is 0.748. The molecule has 1 rings (SSSR count). The first kappa shape index (κ1) is 10.3. The molecule has 0 aliphatic rings. The number of alkyl halides is 1. The van der Waals surface area contributed by atoms with Crippen molar-refractivity contribution in [3.63, 3.8) is 0 Å². The fourth-order valence-corrected chi connectivity index (χ4v) is 2.44. The normalized spacial score (nSPS) is 12.9. The molecule has 2 heteroatoms. The fraction of sp³-hybridized carbons (Fsp3) is 0.400. The second kappa shape index (κ2) is 5.03. The number of benzene rings is 1. The molecule has 0 N–H and O–H groups in total. The lowest BCUT2D eigenvalue weighted by atomic mass is 9.99. The number of halogens is 2. The van der Waals surface area contributed by atoms with Crippen LogP contribution in [0.2, 0.25) is 0 Å². The molecule has 1 unspecified atom stereocenters. The Kier molecular flexibility index (Phi) is 4.30. The van der Waals surface area contributed by atoms with E-state index < -0.39 is 0 Å². The zero-order chi connectivity index (χ0) is 8.97. The van der Waals surface area contributed by atoms with Gasteiger partial charge in [-0.15, -0.1) is 0 Å². The van der Waals surface area contributed by atoms with Crippen LogP contribution in [0.25, 0.3) is 0 Å². The lowest BCUT2D eigenvalue weighted by Gasteiger charge is -2.11. The smallest absolute Gasteiger partial charge is 0.0178 e. The van der Waals surface area contributed by atoms with Gasteiger partial charge in [-0.1, -0.05) is 50.9 Å². The average Bonchev–Trinajstić information content (AvgIpc) is 2.07. The standard InChI is InChI=1S/C10H12Br2/c1-2-8(7-11)9-4-3-5-10(12)6-9/h3-6,8H,2,7H2,1H3. The average molecular weight is 292 g/mol. The van der Waals surface area contributed by atoms with Crippen molar-refractivity contribution in [2.75, 3.05) is 5.33 Å². The fourth-order valence-electron chi connectivity index (χ4n) is 1.19. The highest BCUT2D eigenvalue weighted by molar-refractivity contribution is 9.10. The molecule has 1 atom stereocenters. The summed E-state index contributed by atoms with van der Waals surface area (Å²) in [6, 6.07) is 8.52. The van der Waals surface area contributed by atoms with Crippen LogP contribution < -0.4 is 0 Å². The van der Waals surface area contributed by atoms with Gasteiger partial charge in [-0.05, 0) is 30.0 Å². The van der Waals surface area contributed by atoms with Gasteiger partial charge in [0.15, 0.2) is 0 Å². The molecule has 66 valence electrons. The molecule has 0 aliphatic carbocycles. The van der Waals surface area contributed by atoms with Crippen LogP contribution in [0.4, 0.5) is 0 Å². The minimum Gasteiger partial charge on any atom is -0.0921 e.